The van der Waals surface area contributed by atoms with E-state index < -0.39 is 0 Å². The number of halogens is 1. The maximum atomic E-state index is 14.7. The highest BCUT2D eigenvalue weighted by Gasteiger charge is 2.29. The molecule has 178 valence electrons. The fraction of sp³-hybridized carbons (Fsp3) is 0.269. The minimum Gasteiger partial charge on any atom is -0.347 e. The van der Waals surface area contributed by atoms with Crippen LogP contribution in [0.3, 0.4) is 0 Å². The lowest BCUT2D eigenvalue weighted by molar-refractivity contribution is 0.0705. The van der Waals surface area contributed by atoms with E-state index in [1.165, 1.54) is 6.07 Å². The van der Waals surface area contributed by atoms with Gasteiger partial charge in [-0.3, -0.25) is 4.79 Å². The van der Waals surface area contributed by atoms with E-state index in [9.17, 15) is 9.18 Å². The minimum atomic E-state index is -0.318. The third-order valence-electron chi connectivity index (χ3n) is 6.20. The van der Waals surface area contributed by atoms with Crippen molar-refractivity contribution in [3.05, 3.63) is 84.3 Å². The van der Waals surface area contributed by atoms with Crippen LogP contribution in [-0.2, 0) is 0 Å². The molecule has 0 aliphatic carbocycles. The molecule has 4 heterocycles. The number of carbonyl (C=O) groups is 1. The zero-order valence-electron chi connectivity index (χ0n) is 19.7. The second-order valence-electron chi connectivity index (χ2n) is 8.79. The van der Waals surface area contributed by atoms with Gasteiger partial charge in [-0.05, 0) is 37.1 Å². The van der Waals surface area contributed by atoms with E-state index in [1.807, 2.05) is 30.0 Å². The molecule has 0 spiro atoms. The summed E-state index contributed by atoms with van der Waals surface area (Å²) in [5.74, 6) is 0.766. The Kier molecular flexibility index (Phi) is 6.22. The molecule has 0 unspecified atom stereocenters. The van der Waals surface area contributed by atoms with E-state index in [-0.39, 0.29) is 17.6 Å². The number of nitrogens with zero attached hydrogens (tertiary/aromatic N) is 7. The summed E-state index contributed by atoms with van der Waals surface area (Å²) in [6.45, 7) is 1.14. The average molecular weight is 472 g/mol. The van der Waals surface area contributed by atoms with Crippen LogP contribution in [0.2, 0.25) is 0 Å². The van der Waals surface area contributed by atoms with Crippen molar-refractivity contribution in [2.45, 2.75) is 18.8 Å². The Bertz CT molecular complexity index is 1320. The van der Waals surface area contributed by atoms with E-state index in [1.54, 1.807) is 59.8 Å². The molecule has 35 heavy (non-hydrogen) atoms. The predicted octanol–water partition coefficient (Wildman–Crippen LogP) is 3.95. The molecule has 0 radical (unpaired) electrons. The van der Waals surface area contributed by atoms with E-state index in [0.717, 1.165) is 18.5 Å². The minimum absolute atomic E-state index is 0.0414. The molecule has 9 heteroatoms. The predicted molar refractivity (Wildman–Crippen MR) is 131 cm³/mol. The number of aromatic nitrogens is 5. The lowest BCUT2D eigenvalue weighted by Gasteiger charge is -2.33. The van der Waals surface area contributed by atoms with Gasteiger partial charge < -0.3 is 9.80 Å². The summed E-state index contributed by atoms with van der Waals surface area (Å²) in [7, 11) is 3.75. The highest BCUT2D eigenvalue weighted by atomic mass is 19.1. The van der Waals surface area contributed by atoms with Crippen molar-refractivity contribution in [3.8, 4) is 16.9 Å². The van der Waals surface area contributed by atoms with Gasteiger partial charge in [-0.25, -0.2) is 24.0 Å². The molecule has 4 aromatic rings. The van der Waals surface area contributed by atoms with Crippen molar-refractivity contribution < 1.29 is 9.18 Å². The topological polar surface area (TPSA) is 80.0 Å². The van der Waals surface area contributed by atoms with Crippen LogP contribution in [0.25, 0.3) is 16.9 Å². The van der Waals surface area contributed by atoms with Crippen LogP contribution in [-0.4, -0.2) is 62.7 Å². The molecule has 5 rings (SSSR count). The molecular weight excluding hydrogens is 445 g/mol. The zero-order valence-corrected chi connectivity index (χ0v) is 19.7. The van der Waals surface area contributed by atoms with Gasteiger partial charge in [-0.1, -0.05) is 18.2 Å². The standard InChI is InChI=1S/C26H26FN7O/c1-32(2)26-29-16-21(20-8-3-4-9-22(20)27)24(31-26)19-7-5-13-33(17-19)25(35)18-10-11-23(28-15-18)34-14-6-12-30-34/h3-4,6,8-12,14-16,19H,5,7,13,17H2,1-2H3/t19-/m1/s1. The smallest absolute Gasteiger partial charge is 0.255 e. The molecule has 1 aromatic carbocycles. The van der Waals surface area contributed by atoms with Crippen molar-refractivity contribution in [2.24, 2.45) is 0 Å². The second-order valence-corrected chi connectivity index (χ2v) is 8.79. The zero-order chi connectivity index (χ0) is 24.4. The Balaban J connectivity index is 1.43. The Morgan fingerprint density at radius 2 is 1.91 bits per heavy atom. The Morgan fingerprint density at radius 1 is 1.06 bits per heavy atom. The third kappa shape index (κ3) is 4.62. The first-order valence-corrected chi connectivity index (χ1v) is 11.6. The van der Waals surface area contributed by atoms with Crippen LogP contribution in [0, 0.1) is 5.82 Å². The monoisotopic (exact) mass is 471 g/mol. The highest BCUT2D eigenvalue weighted by molar-refractivity contribution is 5.94. The van der Waals surface area contributed by atoms with Gasteiger partial charge in [0.25, 0.3) is 5.91 Å². The SMILES string of the molecule is CN(C)c1ncc(-c2ccccc2F)c([C@@H]2CCCN(C(=O)c3ccc(-n4cccn4)nc3)C2)n1. The number of rotatable bonds is 5. The fourth-order valence-electron chi connectivity index (χ4n) is 4.42. The average Bonchev–Trinajstić information content (AvgIpc) is 3.44. The second kappa shape index (κ2) is 9.61. The van der Waals surface area contributed by atoms with Crippen LogP contribution in [0.15, 0.2) is 67.3 Å². The number of hydrogen-bond acceptors (Lipinski definition) is 6. The molecule has 0 saturated carbocycles. The van der Waals surface area contributed by atoms with E-state index in [0.29, 0.717) is 41.5 Å². The quantitative estimate of drug-likeness (QED) is 0.439. The summed E-state index contributed by atoms with van der Waals surface area (Å²) in [4.78, 5) is 30.6. The van der Waals surface area contributed by atoms with Crippen molar-refractivity contribution in [2.75, 3.05) is 32.1 Å². The van der Waals surface area contributed by atoms with Gasteiger partial charge >= 0.3 is 0 Å². The molecule has 1 atom stereocenters. The molecule has 0 bridgehead atoms. The van der Waals surface area contributed by atoms with Crippen LogP contribution < -0.4 is 4.90 Å². The molecule has 3 aromatic heterocycles. The van der Waals surface area contributed by atoms with Gasteiger partial charge in [0.15, 0.2) is 5.82 Å². The molecule has 8 nitrogen and oxygen atoms in total. The Labute approximate surface area is 203 Å². The van der Waals surface area contributed by atoms with Crippen molar-refractivity contribution in [1.29, 1.82) is 0 Å². The lowest BCUT2D eigenvalue weighted by atomic mass is 9.89. The normalized spacial score (nSPS) is 15.7. The first-order chi connectivity index (χ1) is 17.0. The van der Waals surface area contributed by atoms with Gasteiger partial charge in [-0.15, -0.1) is 0 Å². The molecule has 1 aliphatic rings. The fourth-order valence-corrected chi connectivity index (χ4v) is 4.42. The number of amides is 1. The van der Waals surface area contributed by atoms with E-state index in [2.05, 4.69) is 15.1 Å². The third-order valence-corrected chi connectivity index (χ3v) is 6.20. The van der Waals surface area contributed by atoms with Crippen LogP contribution in [0.5, 0.6) is 0 Å². The first kappa shape index (κ1) is 22.6. The van der Waals surface area contributed by atoms with Crippen LogP contribution in [0.4, 0.5) is 10.3 Å². The summed E-state index contributed by atoms with van der Waals surface area (Å²) in [5.41, 5.74) is 2.42. The first-order valence-electron chi connectivity index (χ1n) is 11.6. The maximum absolute atomic E-state index is 14.7. The number of likely N-dealkylation sites (tertiary alicyclic amines) is 1. The summed E-state index contributed by atoms with van der Waals surface area (Å²) >= 11 is 0. The number of anilines is 1. The molecule has 1 saturated heterocycles. The van der Waals surface area contributed by atoms with Gasteiger partial charge in [0.1, 0.15) is 5.82 Å². The number of pyridine rings is 1. The lowest BCUT2D eigenvalue weighted by Crippen LogP contribution is -2.39. The van der Waals surface area contributed by atoms with Crippen molar-refractivity contribution in [3.63, 3.8) is 0 Å². The molecular formula is C26H26FN7O. The summed E-state index contributed by atoms with van der Waals surface area (Å²) in [6, 6.07) is 12.0. The number of benzene rings is 1. The van der Waals surface area contributed by atoms with Crippen LogP contribution >= 0.6 is 0 Å². The summed E-state index contributed by atoms with van der Waals surface area (Å²) in [6.07, 6.45) is 8.44. The molecule has 0 N–H and O–H groups in total. The number of carbonyl (C=O) groups excluding carboxylic acids is 1. The van der Waals surface area contributed by atoms with Crippen molar-refractivity contribution in [1.82, 2.24) is 29.6 Å². The Morgan fingerprint density at radius 3 is 2.63 bits per heavy atom. The molecule has 1 aliphatic heterocycles. The van der Waals surface area contributed by atoms with E-state index >= 15 is 0 Å². The van der Waals surface area contributed by atoms with Gasteiger partial charge in [-0.2, -0.15) is 5.10 Å². The largest absolute Gasteiger partial charge is 0.347 e. The van der Waals surface area contributed by atoms with Gasteiger partial charge in [0.2, 0.25) is 5.95 Å². The van der Waals surface area contributed by atoms with Gasteiger partial charge in [0, 0.05) is 69.0 Å². The van der Waals surface area contributed by atoms with Crippen molar-refractivity contribution >= 4 is 11.9 Å². The molecule has 1 fully saturated rings. The van der Waals surface area contributed by atoms with Crippen LogP contribution in [0.1, 0.15) is 34.8 Å². The molecule has 1 amide bonds. The van der Waals surface area contributed by atoms with E-state index in [4.69, 9.17) is 4.98 Å². The Hall–Kier alpha value is -4.14. The number of hydrogen-bond donors (Lipinski definition) is 0. The summed E-state index contributed by atoms with van der Waals surface area (Å²) < 4.78 is 16.3. The van der Waals surface area contributed by atoms with Gasteiger partial charge in [0.05, 0.1) is 11.3 Å². The maximum Gasteiger partial charge on any atom is 0.255 e. The summed E-state index contributed by atoms with van der Waals surface area (Å²) in [5, 5.41) is 4.17. The highest BCUT2D eigenvalue weighted by Crippen LogP contribution is 2.35. The number of piperidine rings is 1.